The van der Waals surface area contributed by atoms with Crippen LogP contribution in [-0.2, 0) is 19.5 Å². The number of benzene rings is 2. The van der Waals surface area contributed by atoms with Crippen LogP contribution in [0.2, 0.25) is 0 Å². The molecule has 0 unspecified atom stereocenters. The summed E-state index contributed by atoms with van der Waals surface area (Å²) >= 11 is 1.96. The lowest BCUT2D eigenvalue weighted by Gasteiger charge is -2.27. The minimum absolute atomic E-state index is 0.00329. The number of aromatic amines is 1. The Morgan fingerprint density at radius 2 is 1.81 bits per heavy atom. The highest BCUT2D eigenvalue weighted by atomic mass is 32.1. The number of imidazole rings is 1. The van der Waals surface area contributed by atoms with Crippen LogP contribution in [-0.4, -0.2) is 27.5 Å². The van der Waals surface area contributed by atoms with Gasteiger partial charge in [0.25, 0.3) is 0 Å². The van der Waals surface area contributed by atoms with Gasteiger partial charge in [0.05, 0.1) is 11.0 Å². The molecule has 0 spiro atoms. The molecule has 0 radical (unpaired) electrons. The SMILES string of the molecule is O=c1[nH]c2ccccc2n1CCCCN1CCc2sc3ccccc3c2C1. The van der Waals surface area contributed by atoms with Gasteiger partial charge in [0.1, 0.15) is 0 Å². The van der Waals surface area contributed by atoms with Gasteiger partial charge in [0.2, 0.25) is 0 Å². The van der Waals surface area contributed by atoms with Gasteiger partial charge in [0, 0.05) is 29.2 Å². The van der Waals surface area contributed by atoms with Crippen molar-refractivity contribution in [3.63, 3.8) is 0 Å². The number of aryl methyl sites for hydroxylation is 1. The molecular weight excluding hydrogens is 354 g/mol. The third kappa shape index (κ3) is 3.11. The van der Waals surface area contributed by atoms with Crippen molar-refractivity contribution in [3.05, 3.63) is 69.5 Å². The lowest BCUT2D eigenvalue weighted by molar-refractivity contribution is 0.250. The largest absolute Gasteiger partial charge is 0.326 e. The molecule has 2 aromatic carbocycles. The van der Waals surface area contributed by atoms with Crippen molar-refractivity contribution in [2.24, 2.45) is 0 Å². The van der Waals surface area contributed by atoms with Crippen molar-refractivity contribution in [1.29, 1.82) is 0 Å². The first kappa shape index (κ1) is 16.8. The zero-order valence-corrected chi connectivity index (χ0v) is 16.1. The highest BCUT2D eigenvalue weighted by Crippen LogP contribution is 2.35. The van der Waals surface area contributed by atoms with Crippen molar-refractivity contribution in [1.82, 2.24) is 14.5 Å². The van der Waals surface area contributed by atoms with E-state index in [-0.39, 0.29) is 5.69 Å². The highest BCUT2D eigenvalue weighted by molar-refractivity contribution is 7.19. The molecule has 0 bridgehead atoms. The van der Waals surface area contributed by atoms with E-state index in [9.17, 15) is 4.79 Å². The second-order valence-electron chi connectivity index (χ2n) is 7.33. The van der Waals surface area contributed by atoms with E-state index in [0.717, 1.165) is 56.5 Å². The molecule has 1 aliphatic rings. The molecule has 3 heterocycles. The smallest absolute Gasteiger partial charge is 0.306 e. The number of hydrogen-bond acceptors (Lipinski definition) is 3. The summed E-state index contributed by atoms with van der Waals surface area (Å²) < 4.78 is 3.29. The van der Waals surface area contributed by atoms with Crippen LogP contribution in [0.25, 0.3) is 21.1 Å². The molecule has 2 aromatic heterocycles. The summed E-state index contributed by atoms with van der Waals surface area (Å²) in [5, 5.41) is 1.44. The first-order chi connectivity index (χ1) is 13.3. The molecule has 27 heavy (non-hydrogen) atoms. The van der Waals surface area contributed by atoms with E-state index in [1.165, 1.54) is 15.6 Å². The summed E-state index contributed by atoms with van der Waals surface area (Å²) in [6.45, 7) is 4.09. The minimum Gasteiger partial charge on any atom is -0.306 e. The number of nitrogens with zero attached hydrogens (tertiary/aromatic N) is 2. The van der Waals surface area contributed by atoms with Crippen molar-refractivity contribution < 1.29 is 0 Å². The standard InChI is InChI=1S/C22H23N3OS/c26-22-23-18-8-2-3-9-19(18)25(22)13-6-5-12-24-14-11-21-17(15-24)16-7-1-4-10-20(16)27-21/h1-4,7-10H,5-6,11-15H2,(H,23,26). The summed E-state index contributed by atoms with van der Waals surface area (Å²) in [4.78, 5) is 19.2. The lowest BCUT2D eigenvalue weighted by Crippen LogP contribution is -2.30. The summed E-state index contributed by atoms with van der Waals surface area (Å²) in [6, 6.07) is 16.7. The van der Waals surface area contributed by atoms with Crippen LogP contribution in [0, 0.1) is 0 Å². The Hall–Kier alpha value is -2.37. The first-order valence-corrected chi connectivity index (χ1v) is 10.5. The van der Waals surface area contributed by atoms with Gasteiger partial charge in [-0.15, -0.1) is 11.3 Å². The number of unbranched alkanes of at least 4 members (excludes halogenated alkanes) is 1. The van der Waals surface area contributed by atoms with E-state index in [1.807, 2.05) is 40.2 Å². The Balaban J connectivity index is 1.21. The molecule has 0 saturated heterocycles. The second-order valence-corrected chi connectivity index (χ2v) is 8.47. The molecule has 0 saturated carbocycles. The zero-order chi connectivity index (χ0) is 18.2. The number of aromatic nitrogens is 2. The molecule has 0 aliphatic carbocycles. The van der Waals surface area contributed by atoms with E-state index in [4.69, 9.17) is 0 Å². The van der Waals surface area contributed by atoms with Crippen LogP contribution in [0.5, 0.6) is 0 Å². The molecule has 4 nitrogen and oxygen atoms in total. The molecule has 138 valence electrons. The van der Waals surface area contributed by atoms with Gasteiger partial charge in [-0.3, -0.25) is 9.47 Å². The molecule has 0 fully saturated rings. The van der Waals surface area contributed by atoms with E-state index >= 15 is 0 Å². The molecule has 4 aromatic rings. The number of H-pyrrole nitrogens is 1. The molecule has 0 atom stereocenters. The number of thiophene rings is 1. The van der Waals surface area contributed by atoms with E-state index < -0.39 is 0 Å². The van der Waals surface area contributed by atoms with Crippen LogP contribution in [0.1, 0.15) is 23.3 Å². The van der Waals surface area contributed by atoms with Crippen LogP contribution < -0.4 is 5.69 Å². The van der Waals surface area contributed by atoms with Gasteiger partial charge in [-0.1, -0.05) is 30.3 Å². The Bertz CT molecular complexity index is 1150. The highest BCUT2D eigenvalue weighted by Gasteiger charge is 2.20. The Morgan fingerprint density at radius 3 is 2.78 bits per heavy atom. The van der Waals surface area contributed by atoms with E-state index in [0.29, 0.717) is 0 Å². The van der Waals surface area contributed by atoms with Gasteiger partial charge in [-0.25, -0.2) is 4.79 Å². The van der Waals surface area contributed by atoms with Gasteiger partial charge in [-0.05, 0) is 55.0 Å². The maximum absolute atomic E-state index is 12.2. The van der Waals surface area contributed by atoms with Gasteiger partial charge in [0.15, 0.2) is 0 Å². The Labute approximate surface area is 162 Å². The summed E-state index contributed by atoms with van der Waals surface area (Å²) in [7, 11) is 0. The molecule has 1 aliphatic heterocycles. The maximum Gasteiger partial charge on any atom is 0.326 e. The fourth-order valence-electron chi connectivity index (χ4n) is 4.21. The topological polar surface area (TPSA) is 41.0 Å². The number of hydrogen-bond donors (Lipinski definition) is 1. The summed E-state index contributed by atoms with van der Waals surface area (Å²) in [5.41, 5.74) is 3.48. The average molecular weight is 378 g/mol. The van der Waals surface area contributed by atoms with Crippen molar-refractivity contribution in [2.45, 2.75) is 32.4 Å². The van der Waals surface area contributed by atoms with Crippen LogP contribution in [0.4, 0.5) is 0 Å². The number of rotatable bonds is 5. The monoisotopic (exact) mass is 377 g/mol. The fourth-order valence-corrected chi connectivity index (χ4v) is 5.42. The molecule has 5 heteroatoms. The predicted octanol–water partition coefficient (Wildman–Crippen LogP) is 4.38. The number of para-hydroxylation sites is 2. The van der Waals surface area contributed by atoms with Gasteiger partial charge >= 0.3 is 5.69 Å². The number of fused-ring (bicyclic) bond motifs is 4. The average Bonchev–Trinajstić information content (AvgIpc) is 3.22. The predicted molar refractivity (Wildman–Crippen MR) is 113 cm³/mol. The minimum atomic E-state index is 0.00329. The lowest BCUT2D eigenvalue weighted by atomic mass is 10.0. The van der Waals surface area contributed by atoms with E-state index in [2.05, 4.69) is 34.1 Å². The molecule has 1 N–H and O–H groups in total. The van der Waals surface area contributed by atoms with Crippen LogP contribution >= 0.6 is 11.3 Å². The second kappa shape index (κ2) is 6.98. The normalized spacial score (nSPS) is 14.8. The van der Waals surface area contributed by atoms with Crippen LogP contribution in [0.15, 0.2) is 53.3 Å². The summed E-state index contributed by atoms with van der Waals surface area (Å²) in [6.07, 6.45) is 3.30. The van der Waals surface area contributed by atoms with Gasteiger partial charge < -0.3 is 4.98 Å². The Kier molecular flexibility index (Phi) is 4.34. The molecule has 5 rings (SSSR count). The van der Waals surface area contributed by atoms with Crippen molar-refractivity contribution >= 4 is 32.5 Å². The van der Waals surface area contributed by atoms with E-state index in [1.54, 1.807) is 4.88 Å². The van der Waals surface area contributed by atoms with Crippen LogP contribution in [0.3, 0.4) is 0 Å². The maximum atomic E-state index is 12.2. The van der Waals surface area contributed by atoms with Crippen molar-refractivity contribution in [2.75, 3.05) is 13.1 Å². The summed E-state index contributed by atoms with van der Waals surface area (Å²) in [5.74, 6) is 0. The van der Waals surface area contributed by atoms with Gasteiger partial charge in [-0.2, -0.15) is 0 Å². The third-order valence-electron chi connectivity index (χ3n) is 5.61. The third-order valence-corrected chi connectivity index (χ3v) is 6.88. The number of nitrogens with one attached hydrogen (secondary N) is 1. The molecular formula is C22H23N3OS. The Morgan fingerprint density at radius 1 is 1.00 bits per heavy atom. The van der Waals surface area contributed by atoms with Crippen molar-refractivity contribution in [3.8, 4) is 0 Å². The zero-order valence-electron chi connectivity index (χ0n) is 15.3. The fraction of sp³-hybridized carbons (Fsp3) is 0.318. The quantitative estimate of drug-likeness (QED) is 0.524. The first-order valence-electron chi connectivity index (χ1n) is 9.69. The molecule has 0 amide bonds.